The highest BCUT2D eigenvalue weighted by Gasteiger charge is 2.43. The van der Waals surface area contributed by atoms with E-state index >= 15 is 0 Å². The van der Waals surface area contributed by atoms with E-state index in [1.54, 1.807) is 0 Å². The quantitative estimate of drug-likeness (QED) is 0.149. The highest BCUT2D eigenvalue weighted by Crippen LogP contribution is 2.47. The van der Waals surface area contributed by atoms with Crippen molar-refractivity contribution in [1.29, 1.82) is 5.26 Å². The molecular formula is C65H41BN6. The molecule has 0 aliphatic carbocycles. The lowest BCUT2D eigenvalue weighted by Crippen LogP contribution is -2.61. The summed E-state index contributed by atoms with van der Waals surface area (Å²) in [6.07, 6.45) is 0. The predicted molar refractivity (Wildman–Crippen MR) is 297 cm³/mol. The standard InChI is InChI=1S/C65H41BN6/c67-42-47-34-33-46(65-68-55(43-19-5-1-6-20-43)41-56(69-65)44-21-7-2-8-22-44)38-61(47)72-57-30-16-13-27-51(57)52-37-45(35-36-58(52)72)48-39-62-64-63(40-48)71(50-25-11-4-12-26-50)60-32-18-15-29-54(60)66(64)53-28-14-17-31-59(53)70(62)49-23-9-3-10-24-49/h1-41H. The minimum atomic E-state index is 0.0260. The number of para-hydroxylation sites is 5. The Hall–Kier alpha value is -9.77. The van der Waals surface area contributed by atoms with Crippen LogP contribution in [-0.2, 0) is 0 Å². The van der Waals surface area contributed by atoms with Gasteiger partial charge in [0.25, 0.3) is 6.71 Å². The molecule has 0 bridgehead atoms. The van der Waals surface area contributed by atoms with Gasteiger partial charge in [0.2, 0.25) is 0 Å². The number of nitriles is 1. The summed E-state index contributed by atoms with van der Waals surface area (Å²) in [6, 6.07) is 90.4. The lowest BCUT2D eigenvalue weighted by molar-refractivity contribution is 1.15. The largest absolute Gasteiger partial charge is 0.311 e. The van der Waals surface area contributed by atoms with Gasteiger partial charge in [0.05, 0.1) is 33.7 Å². The van der Waals surface area contributed by atoms with Crippen LogP contribution in [0.5, 0.6) is 0 Å². The summed E-state index contributed by atoms with van der Waals surface area (Å²) in [5.41, 5.74) is 20.7. The summed E-state index contributed by atoms with van der Waals surface area (Å²) in [5, 5.41) is 13.0. The summed E-state index contributed by atoms with van der Waals surface area (Å²) >= 11 is 0. The zero-order chi connectivity index (χ0) is 47.7. The summed E-state index contributed by atoms with van der Waals surface area (Å²) in [7, 11) is 0. The van der Waals surface area contributed by atoms with Crippen molar-refractivity contribution in [1.82, 2.24) is 14.5 Å². The Kier molecular flexibility index (Phi) is 9.58. The van der Waals surface area contributed by atoms with Crippen LogP contribution in [0.3, 0.4) is 0 Å². The third-order valence-corrected chi connectivity index (χ3v) is 14.4. The van der Waals surface area contributed by atoms with Crippen molar-refractivity contribution >= 4 is 79.0 Å². The number of rotatable bonds is 7. The van der Waals surface area contributed by atoms with Crippen LogP contribution in [0.2, 0.25) is 0 Å². The number of hydrogen-bond donors (Lipinski definition) is 0. The molecule has 0 unspecified atom stereocenters. The molecule has 10 aromatic carbocycles. The number of anilines is 6. The lowest BCUT2D eigenvalue weighted by Gasteiger charge is -2.44. The number of benzene rings is 10. The van der Waals surface area contributed by atoms with Gasteiger partial charge in [0.1, 0.15) is 6.07 Å². The number of hydrogen-bond acceptors (Lipinski definition) is 5. The molecule has 14 rings (SSSR count). The molecule has 0 N–H and O–H groups in total. The Balaban J connectivity index is 0.977. The molecular weight excluding hydrogens is 876 g/mol. The van der Waals surface area contributed by atoms with Crippen LogP contribution < -0.4 is 26.2 Å². The van der Waals surface area contributed by atoms with Crippen LogP contribution in [0.1, 0.15) is 5.56 Å². The Labute approximate surface area is 417 Å². The fraction of sp³-hybridized carbons (Fsp3) is 0. The highest BCUT2D eigenvalue weighted by molar-refractivity contribution is 7.00. The van der Waals surface area contributed by atoms with Gasteiger partial charge < -0.3 is 14.4 Å². The molecule has 6 nitrogen and oxygen atoms in total. The maximum Gasteiger partial charge on any atom is 0.252 e. The van der Waals surface area contributed by atoms with Gasteiger partial charge in [-0.1, -0.05) is 158 Å². The summed E-state index contributed by atoms with van der Waals surface area (Å²) < 4.78 is 2.24. The van der Waals surface area contributed by atoms with E-state index in [4.69, 9.17) is 9.97 Å². The van der Waals surface area contributed by atoms with E-state index in [2.05, 4.69) is 221 Å². The number of nitrogens with zero attached hydrogens (tertiary/aromatic N) is 6. The van der Waals surface area contributed by atoms with Crippen LogP contribution >= 0.6 is 0 Å². The SMILES string of the molecule is N#Cc1ccc(-c2nc(-c3ccccc3)cc(-c3ccccc3)n2)cc1-n1c2ccccc2c2cc(-c3cc4c5c(c3)N(c3ccccc3)c3ccccc3B5c3ccccc3N4c3ccccc3)ccc21. The Morgan fingerprint density at radius 1 is 0.361 bits per heavy atom. The molecule has 334 valence electrons. The van der Waals surface area contributed by atoms with Gasteiger partial charge in [-0.2, -0.15) is 5.26 Å². The zero-order valence-electron chi connectivity index (χ0n) is 38.9. The van der Waals surface area contributed by atoms with Gasteiger partial charge in [-0.15, -0.1) is 0 Å². The van der Waals surface area contributed by atoms with Crippen molar-refractivity contribution < 1.29 is 0 Å². The first kappa shape index (κ1) is 41.2. The first-order valence-electron chi connectivity index (χ1n) is 24.3. The molecule has 0 amide bonds. The lowest BCUT2D eigenvalue weighted by atomic mass is 9.33. The smallest absolute Gasteiger partial charge is 0.252 e. The average molecular weight is 917 g/mol. The summed E-state index contributed by atoms with van der Waals surface area (Å²) in [6.45, 7) is 0.0260. The van der Waals surface area contributed by atoms with Gasteiger partial charge in [0, 0.05) is 61.6 Å². The van der Waals surface area contributed by atoms with Crippen molar-refractivity contribution in [2.75, 3.05) is 9.80 Å². The fourth-order valence-corrected chi connectivity index (χ4v) is 11.2. The maximum absolute atomic E-state index is 10.8. The monoisotopic (exact) mass is 916 g/mol. The Morgan fingerprint density at radius 3 is 1.43 bits per heavy atom. The minimum Gasteiger partial charge on any atom is -0.311 e. The second kappa shape index (κ2) is 16.7. The van der Waals surface area contributed by atoms with Gasteiger partial charge in [0.15, 0.2) is 5.82 Å². The van der Waals surface area contributed by atoms with E-state index in [1.165, 1.54) is 27.8 Å². The third-order valence-electron chi connectivity index (χ3n) is 14.4. The molecule has 0 spiro atoms. The van der Waals surface area contributed by atoms with Gasteiger partial charge in [-0.3, -0.25) is 0 Å². The fourth-order valence-electron chi connectivity index (χ4n) is 11.2. The molecule has 72 heavy (non-hydrogen) atoms. The van der Waals surface area contributed by atoms with Gasteiger partial charge >= 0.3 is 0 Å². The molecule has 2 aliphatic heterocycles. The maximum atomic E-state index is 10.8. The molecule has 2 aromatic heterocycles. The normalized spacial score (nSPS) is 12.3. The molecule has 0 radical (unpaired) electrons. The minimum absolute atomic E-state index is 0.0260. The van der Waals surface area contributed by atoms with E-state index in [0.717, 1.165) is 89.4 Å². The van der Waals surface area contributed by atoms with Crippen molar-refractivity contribution in [3.63, 3.8) is 0 Å². The number of fused-ring (bicyclic) bond motifs is 7. The first-order chi connectivity index (χ1) is 35.7. The van der Waals surface area contributed by atoms with E-state index < -0.39 is 0 Å². The van der Waals surface area contributed by atoms with Crippen LogP contribution in [0.25, 0.3) is 72.5 Å². The van der Waals surface area contributed by atoms with Crippen molar-refractivity contribution in [3.8, 4) is 56.8 Å². The van der Waals surface area contributed by atoms with Gasteiger partial charge in [-0.25, -0.2) is 9.97 Å². The van der Waals surface area contributed by atoms with E-state index in [1.807, 2.05) is 48.5 Å². The zero-order valence-corrected chi connectivity index (χ0v) is 38.9. The van der Waals surface area contributed by atoms with E-state index in [0.29, 0.717) is 11.4 Å². The topological polar surface area (TPSA) is 61.0 Å². The first-order valence-corrected chi connectivity index (χ1v) is 24.3. The molecule has 0 atom stereocenters. The predicted octanol–water partition coefficient (Wildman–Crippen LogP) is 14.2. The molecule has 7 heteroatoms. The van der Waals surface area contributed by atoms with Crippen LogP contribution in [0.15, 0.2) is 249 Å². The van der Waals surface area contributed by atoms with Crippen LogP contribution in [0, 0.1) is 11.3 Å². The van der Waals surface area contributed by atoms with Crippen molar-refractivity contribution in [2.45, 2.75) is 0 Å². The van der Waals surface area contributed by atoms with Crippen LogP contribution in [-0.4, -0.2) is 21.2 Å². The van der Waals surface area contributed by atoms with E-state index in [9.17, 15) is 5.26 Å². The Morgan fingerprint density at radius 2 is 0.847 bits per heavy atom. The second-order valence-electron chi connectivity index (χ2n) is 18.4. The third kappa shape index (κ3) is 6.58. The second-order valence-corrected chi connectivity index (χ2v) is 18.4. The van der Waals surface area contributed by atoms with Crippen molar-refractivity contribution in [3.05, 3.63) is 254 Å². The summed E-state index contributed by atoms with van der Waals surface area (Å²) in [4.78, 5) is 15.2. The molecule has 0 saturated carbocycles. The van der Waals surface area contributed by atoms with Crippen molar-refractivity contribution in [2.24, 2.45) is 0 Å². The van der Waals surface area contributed by atoms with Crippen LogP contribution in [0.4, 0.5) is 34.1 Å². The molecule has 0 fully saturated rings. The molecule has 2 aliphatic rings. The summed E-state index contributed by atoms with van der Waals surface area (Å²) in [5.74, 6) is 0.585. The number of aromatic nitrogens is 3. The molecule has 4 heterocycles. The van der Waals surface area contributed by atoms with Gasteiger partial charge in [-0.05, 0) is 119 Å². The molecule has 12 aromatic rings. The molecule has 0 saturated heterocycles. The average Bonchev–Trinajstić information content (AvgIpc) is 3.79. The van der Waals surface area contributed by atoms with E-state index in [-0.39, 0.29) is 6.71 Å². The highest BCUT2D eigenvalue weighted by atomic mass is 15.2. The Bertz CT molecular complexity index is 3960.